The van der Waals surface area contributed by atoms with Gasteiger partial charge >= 0.3 is 0 Å². The van der Waals surface area contributed by atoms with Crippen molar-refractivity contribution in [1.82, 2.24) is 0 Å². The van der Waals surface area contributed by atoms with Crippen molar-refractivity contribution in [2.24, 2.45) is 10.2 Å². The molecular weight excluding hydrogens is 130 g/mol. The highest BCUT2D eigenvalue weighted by Crippen LogP contribution is 1.84. The van der Waals surface area contributed by atoms with E-state index in [1.54, 1.807) is 0 Å². The van der Waals surface area contributed by atoms with Crippen molar-refractivity contribution in [3.05, 3.63) is 0 Å². The molecule has 0 aromatic carbocycles. The van der Waals surface area contributed by atoms with Crippen molar-refractivity contribution in [2.75, 3.05) is 0 Å². The van der Waals surface area contributed by atoms with Crippen LogP contribution in [0.4, 0.5) is 0 Å². The molecule has 0 atom stereocenters. The molecule has 0 saturated carbocycles. The first-order valence-electron chi connectivity index (χ1n) is 1.30. The second-order valence-corrected chi connectivity index (χ2v) is 1.70. The van der Waals surface area contributed by atoms with Gasteiger partial charge < -0.3 is 0 Å². The van der Waals surface area contributed by atoms with Crippen molar-refractivity contribution in [1.29, 1.82) is 5.26 Å². The van der Waals surface area contributed by atoms with Gasteiger partial charge in [-0.05, 0) is 12.2 Å². The van der Waals surface area contributed by atoms with Gasteiger partial charge in [-0.25, -0.2) is 0 Å². The van der Waals surface area contributed by atoms with Gasteiger partial charge in [-0.15, -0.1) is 17.7 Å². The van der Waals surface area contributed by atoms with Crippen molar-refractivity contribution in [2.45, 2.75) is 0 Å². The predicted molar refractivity (Wildman–Crippen MR) is 32.1 cm³/mol. The first-order chi connectivity index (χ1) is 3.27. The Hall–Kier alpha value is -0.470. The molecule has 0 bridgehead atoms. The molecule has 0 spiro atoms. The smallest absolute Gasteiger partial charge is 0.169 e. The number of hydrogen-bond donors (Lipinski definition) is 1. The number of nitrogens with zero attached hydrogens (tertiary/aromatic N) is 3. The normalized spacial score (nSPS) is 8.57. The largest absolute Gasteiger partial charge is 0.226 e. The second-order valence-electron chi connectivity index (χ2n) is 0.583. The number of nitriles is 1. The highest BCUT2D eigenvalue weighted by Gasteiger charge is 1.73. The minimum atomic E-state index is 0.0709. The maximum Gasteiger partial charge on any atom is 0.226 e. The molecule has 36 valence electrons. The summed E-state index contributed by atoms with van der Waals surface area (Å²) in [5.41, 5.74) is 0. The molecule has 0 aromatic heterocycles. The van der Waals surface area contributed by atoms with E-state index in [4.69, 9.17) is 5.26 Å². The molecule has 0 aliphatic rings. The van der Waals surface area contributed by atoms with Crippen LogP contribution in [-0.4, -0.2) is 4.32 Å². The Morgan fingerprint density at radius 1 is 1.86 bits per heavy atom. The summed E-state index contributed by atoms with van der Waals surface area (Å²) < 4.78 is 0.0709. The fraction of sp³-hybridized carbons (Fsp3) is 0. The van der Waals surface area contributed by atoms with E-state index in [0.29, 0.717) is 0 Å². The lowest BCUT2D eigenvalue weighted by atomic mass is 11.4. The average Bonchev–Trinajstić information content (AvgIpc) is 1.61. The molecule has 0 rings (SSSR count). The lowest BCUT2D eigenvalue weighted by Gasteiger charge is -1.69. The van der Waals surface area contributed by atoms with Crippen LogP contribution in [0.15, 0.2) is 10.2 Å². The van der Waals surface area contributed by atoms with Crippen molar-refractivity contribution >= 4 is 29.2 Å². The van der Waals surface area contributed by atoms with E-state index in [-0.39, 0.29) is 4.32 Å². The van der Waals surface area contributed by atoms with E-state index in [1.807, 2.05) is 0 Å². The third-order valence-corrected chi connectivity index (χ3v) is 0.351. The maximum atomic E-state index is 7.71. The number of thiol groups is 1. The maximum absolute atomic E-state index is 7.71. The fourth-order valence-electron chi connectivity index (χ4n) is 0.0651. The number of rotatable bonds is 0. The first kappa shape index (κ1) is 6.53. The topological polar surface area (TPSA) is 48.5 Å². The zero-order valence-electron chi connectivity index (χ0n) is 3.20. The molecule has 0 unspecified atom stereocenters. The predicted octanol–water partition coefficient (Wildman–Crippen LogP) is 1.13. The van der Waals surface area contributed by atoms with Gasteiger partial charge in [0.1, 0.15) is 0 Å². The Bertz CT molecular complexity index is 132. The van der Waals surface area contributed by atoms with E-state index < -0.39 is 0 Å². The SMILES string of the molecule is N#CN=NC(=S)S. The van der Waals surface area contributed by atoms with Gasteiger partial charge in [0.25, 0.3) is 0 Å². The summed E-state index contributed by atoms with van der Waals surface area (Å²) in [6.45, 7) is 0. The zero-order chi connectivity index (χ0) is 5.70. The fourth-order valence-corrected chi connectivity index (χ4v) is 0.151. The molecule has 0 heterocycles. The summed E-state index contributed by atoms with van der Waals surface area (Å²) in [5, 5.41) is 13.7. The summed E-state index contributed by atoms with van der Waals surface area (Å²) in [4.78, 5) is 0. The molecule has 0 aliphatic carbocycles. The lowest BCUT2D eigenvalue weighted by molar-refractivity contribution is 1.29. The van der Waals surface area contributed by atoms with Crippen molar-refractivity contribution in [3.63, 3.8) is 0 Å². The molecule has 0 N–H and O–H groups in total. The molecule has 3 nitrogen and oxygen atoms in total. The van der Waals surface area contributed by atoms with Crippen molar-refractivity contribution < 1.29 is 0 Å². The third kappa shape index (κ3) is 5.53. The van der Waals surface area contributed by atoms with Crippen LogP contribution in [-0.2, 0) is 0 Å². The summed E-state index contributed by atoms with van der Waals surface area (Å²) >= 11 is 7.87. The van der Waals surface area contributed by atoms with E-state index in [1.165, 1.54) is 6.19 Å². The van der Waals surface area contributed by atoms with Crippen LogP contribution in [0.3, 0.4) is 0 Å². The minimum absolute atomic E-state index is 0.0709. The summed E-state index contributed by atoms with van der Waals surface area (Å²) in [6, 6.07) is 0. The minimum Gasteiger partial charge on any atom is -0.169 e. The molecule has 0 fully saturated rings. The van der Waals surface area contributed by atoms with Crippen LogP contribution in [0.1, 0.15) is 0 Å². The van der Waals surface area contributed by atoms with E-state index in [2.05, 4.69) is 35.1 Å². The molecule has 5 heteroatoms. The van der Waals surface area contributed by atoms with Gasteiger partial charge in [0.05, 0.1) is 0 Å². The van der Waals surface area contributed by atoms with Gasteiger partial charge in [-0.3, -0.25) is 0 Å². The Labute approximate surface area is 51.5 Å². The molecule has 0 aliphatic heterocycles. The Morgan fingerprint density at radius 2 is 2.43 bits per heavy atom. The monoisotopic (exact) mass is 131 g/mol. The highest BCUT2D eigenvalue weighted by molar-refractivity contribution is 8.11. The Balaban J connectivity index is 3.53. The van der Waals surface area contributed by atoms with Gasteiger partial charge in [0, 0.05) is 0 Å². The second kappa shape index (κ2) is 3.71. The van der Waals surface area contributed by atoms with E-state index in [0.717, 1.165) is 0 Å². The van der Waals surface area contributed by atoms with Crippen LogP contribution in [0.5, 0.6) is 0 Å². The standard InChI is InChI=1S/C2HN3S2/c3-1-4-5-2(6)7/h(H,6,7). The van der Waals surface area contributed by atoms with E-state index in [9.17, 15) is 0 Å². The average molecular weight is 131 g/mol. The van der Waals surface area contributed by atoms with Gasteiger partial charge in [0.2, 0.25) is 6.19 Å². The van der Waals surface area contributed by atoms with Gasteiger partial charge in [0.15, 0.2) is 4.32 Å². The summed E-state index contributed by atoms with van der Waals surface area (Å²) in [5.74, 6) is 0. The lowest BCUT2D eigenvalue weighted by Crippen LogP contribution is -1.65. The third-order valence-electron chi connectivity index (χ3n) is 0.180. The molecule has 0 radical (unpaired) electrons. The highest BCUT2D eigenvalue weighted by atomic mass is 32.1. The molecule has 7 heavy (non-hydrogen) atoms. The first-order valence-corrected chi connectivity index (χ1v) is 2.15. The Morgan fingerprint density at radius 3 is 2.57 bits per heavy atom. The van der Waals surface area contributed by atoms with Crippen LogP contribution in [0.2, 0.25) is 0 Å². The molecular formula is C2HN3S2. The zero-order valence-corrected chi connectivity index (χ0v) is 4.91. The summed E-state index contributed by atoms with van der Waals surface area (Å²) in [6.07, 6.45) is 1.42. The van der Waals surface area contributed by atoms with Crippen molar-refractivity contribution in [3.8, 4) is 6.19 Å². The van der Waals surface area contributed by atoms with Gasteiger partial charge in [-0.2, -0.15) is 5.26 Å². The van der Waals surface area contributed by atoms with E-state index >= 15 is 0 Å². The Kier molecular flexibility index (Phi) is 3.46. The number of hydrogen-bond acceptors (Lipinski definition) is 3. The number of thiocarbonyl (C=S) groups is 1. The number of azo groups is 1. The van der Waals surface area contributed by atoms with Crippen LogP contribution < -0.4 is 0 Å². The molecule has 0 amide bonds. The molecule has 0 saturated heterocycles. The molecule has 0 aromatic rings. The summed E-state index contributed by atoms with van der Waals surface area (Å²) in [7, 11) is 0. The quantitative estimate of drug-likeness (QED) is 0.232. The van der Waals surface area contributed by atoms with Crippen LogP contribution in [0.25, 0.3) is 0 Å². The van der Waals surface area contributed by atoms with Crippen LogP contribution >= 0.6 is 24.8 Å². The van der Waals surface area contributed by atoms with Gasteiger partial charge in [-0.1, -0.05) is 5.11 Å². The van der Waals surface area contributed by atoms with Crippen LogP contribution in [0, 0.1) is 11.5 Å².